The first kappa shape index (κ1) is 21.4. The number of ether oxygens (including phenoxy) is 2. The molecule has 0 heterocycles. The van der Waals surface area contributed by atoms with Crippen LogP contribution in [0.1, 0.15) is 31.9 Å². The standard InChI is InChI=1S/C20H24BrCl2NO2/c1-4-25-19-8-15(11-24-10-13(2)3)16(21)9-20(19)26-12-14-5-6-17(22)18(23)7-14/h5-9,13,24H,4,10-12H2,1-3H3. The largest absolute Gasteiger partial charge is 0.490 e. The molecule has 0 amide bonds. The van der Waals surface area contributed by atoms with Gasteiger partial charge in [0.15, 0.2) is 11.5 Å². The molecule has 2 aromatic carbocycles. The van der Waals surface area contributed by atoms with Crippen LogP contribution >= 0.6 is 39.1 Å². The van der Waals surface area contributed by atoms with Gasteiger partial charge < -0.3 is 14.8 Å². The molecule has 0 aromatic heterocycles. The van der Waals surface area contributed by atoms with E-state index < -0.39 is 0 Å². The maximum Gasteiger partial charge on any atom is 0.162 e. The van der Waals surface area contributed by atoms with Gasteiger partial charge in [-0.3, -0.25) is 0 Å². The lowest BCUT2D eigenvalue weighted by Crippen LogP contribution is -2.19. The van der Waals surface area contributed by atoms with Gasteiger partial charge in [0.25, 0.3) is 0 Å². The summed E-state index contributed by atoms with van der Waals surface area (Å²) in [6.07, 6.45) is 0. The second-order valence-corrected chi connectivity index (χ2v) is 8.05. The highest BCUT2D eigenvalue weighted by molar-refractivity contribution is 9.10. The molecule has 0 saturated carbocycles. The minimum absolute atomic E-state index is 0.383. The average molecular weight is 461 g/mol. The molecule has 26 heavy (non-hydrogen) atoms. The van der Waals surface area contributed by atoms with Gasteiger partial charge in [-0.15, -0.1) is 0 Å². The lowest BCUT2D eigenvalue weighted by Gasteiger charge is -2.16. The van der Waals surface area contributed by atoms with Crippen LogP contribution in [0, 0.1) is 5.92 Å². The monoisotopic (exact) mass is 459 g/mol. The zero-order valence-electron chi connectivity index (χ0n) is 15.2. The summed E-state index contributed by atoms with van der Waals surface area (Å²) in [5, 5.41) is 4.50. The summed E-state index contributed by atoms with van der Waals surface area (Å²) in [5.74, 6) is 2.03. The predicted molar refractivity (Wildman–Crippen MR) is 113 cm³/mol. The normalized spacial score (nSPS) is 11.0. The fourth-order valence-electron chi connectivity index (χ4n) is 2.38. The number of nitrogens with one attached hydrogen (secondary N) is 1. The first-order valence-corrected chi connectivity index (χ1v) is 10.2. The Bertz CT molecular complexity index is 738. The zero-order chi connectivity index (χ0) is 19.1. The van der Waals surface area contributed by atoms with Gasteiger partial charge in [0.1, 0.15) is 6.61 Å². The van der Waals surface area contributed by atoms with Crippen LogP contribution in [0.15, 0.2) is 34.8 Å². The van der Waals surface area contributed by atoms with E-state index in [1.165, 1.54) is 0 Å². The van der Waals surface area contributed by atoms with Crippen molar-refractivity contribution in [2.45, 2.75) is 33.9 Å². The Morgan fingerprint density at radius 1 is 1.04 bits per heavy atom. The first-order valence-electron chi connectivity index (χ1n) is 8.63. The van der Waals surface area contributed by atoms with Crippen LogP contribution in [-0.4, -0.2) is 13.2 Å². The molecular formula is C20H24BrCl2NO2. The quantitative estimate of drug-likeness (QED) is 0.464. The van der Waals surface area contributed by atoms with E-state index >= 15 is 0 Å². The third-order valence-corrected chi connectivity index (χ3v) is 5.14. The SMILES string of the molecule is CCOc1cc(CNCC(C)C)c(Br)cc1OCc1ccc(Cl)c(Cl)c1. The van der Waals surface area contributed by atoms with Gasteiger partial charge >= 0.3 is 0 Å². The van der Waals surface area contributed by atoms with Crippen LogP contribution < -0.4 is 14.8 Å². The second-order valence-electron chi connectivity index (χ2n) is 6.39. The van der Waals surface area contributed by atoms with Gasteiger partial charge in [0.05, 0.1) is 16.7 Å². The molecule has 0 aliphatic rings. The van der Waals surface area contributed by atoms with Gasteiger partial charge in [-0.25, -0.2) is 0 Å². The average Bonchev–Trinajstić information content (AvgIpc) is 2.59. The highest BCUT2D eigenvalue weighted by Gasteiger charge is 2.12. The molecular weight excluding hydrogens is 437 g/mol. The summed E-state index contributed by atoms with van der Waals surface area (Å²) in [7, 11) is 0. The summed E-state index contributed by atoms with van der Waals surface area (Å²) in [4.78, 5) is 0. The molecule has 0 radical (unpaired) electrons. The van der Waals surface area contributed by atoms with E-state index in [4.69, 9.17) is 32.7 Å². The lowest BCUT2D eigenvalue weighted by molar-refractivity contribution is 0.269. The first-order chi connectivity index (χ1) is 12.4. The van der Waals surface area contributed by atoms with E-state index in [0.717, 1.165) is 34.4 Å². The van der Waals surface area contributed by atoms with Gasteiger partial charge in [0.2, 0.25) is 0 Å². The minimum atomic E-state index is 0.383. The molecule has 6 heteroatoms. The summed E-state index contributed by atoms with van der Waals surface area (Å²) in [6, 6.07) is 9.45. The number of hydrogen-bond acceptors (Lipinski definition) is 3. The maximum atomic E-state index is 6.07. The molecule has 2 rings (SSSR count). The Morgan fingerprint density at radius 2 is 1.77 bits per heavy atom. The van der Waals surface area contributed by atoms with Crippen LogP contribution in [0.25, 0.3) is 0 Å². The molecule has 0 unspecified atom stereocenters. The fraction of sp³-hybridized carbons (Fsp3) is 0.400. The lowest BCUT2D eigenvalue weighted by atomic mass is 10.1. The minimum Gasteiger partial charge on any atom is -0.490 e. The van der Waals surface area contributed by atoms with E-state index in [2.05, 4.69) is 35.1 Å². The third kappa shape index (κ3) is 6.34. The fourth-order valence-corrected chi connectivity index (χ4v) is 3.16. The van der Waals surface area contributed by atoms with Gasteiger partial charge in [-0.1, -0.05) is 59.0 Å². The summed E-state index contributed by atoms with van der Waals surface area (Å²) in [5.41, 5.74) is 2.08. The van der Waals surface area contributed by atoms with E-state index in [9.17, 15) is 0 Å². The van der Waals surface area contributed by atoms with Crippen molar-refractivity contribution >= 4 is 39.1 Å². The Labute approximate surface area is 174 Å². The van der Waals surface area contributed by atoms with Crippen LogP contribution in [0.5, 0.6) is 11.5 Å². The summed E-state index contributed by atoms with van der Waals surface area (Å²) in [6.45, 7) is 9.03. The van der Waals surface area contributed by atoms with Crippen molar-refractivity contribution < 1.29 is 9.47 Å². The maximum absolute atomic E-state index is 6.07. The topological polar surface area (TPSA) is 30.5 Å². The third-order valence-electron chi connectivity index (χ3n) is 3.66. The van der Waals surface area contributed by atoms with E-state index in [0.29, 0.717) is 34.9 Å². The van der Waals surface area contributed by atoms with E-state index in [1.54, 1.807) is 6.07 Å². The van der Waals surface area contributed by atoms with Crippen molar-refractivity contribution in [3.8, 4) is 11.5 Å². The summed E-state index contributed by atoms with van der Waals surface area (Å²) >= 11 is 15.7. The molecule has 0 aliphatic carbocycles. The molecule has 0 atom stereocenters. The van der Waals surface area contributed by atoms with Crippen molar-refractivity contribution in [2.75, 3.05) is 13.2 Å². The highest BCUT2D eigenvalue weighted by Crippen LogP contribution is 2.34. The zero-order valence-corrected chi connectivity index (χ0v) is 18.3. The number of hydrogen-bond donors (Lipinski definition) is 1. The molecule has 0 spiro atoms. The number of halogens is 3. The van der Waals surface area contributed by atoms with Crippen LogP contribution in [0.3, 0.4) is 0 Å². The Balaban J connectivity index is 2.13. The van der Waals surface area contributed by atoms with E-state index in [-0.39, 0.29) is 0 Å². The molecule has 2 aromatic rings. The van der Waals surface area contributed by atoms with Gasteiger partial charge in [-0.05, 0) is 54.8 Å². The van der Waals surface area contributed by atoms with Crippen LogP contribution in [0.4, 0.5) is 0 Å². The van der Waals surface area contributed by atoms with Crippen molar-refractivity contribution in [3.63, 3.8) is 0 Å². The Morgan fingerprint density at radius 3 is 2.42 bits per heavy atom. The Hall–Kier alpha value is -0.940. The molecule has 1 N–H and O–H groups in total. The number of benzene rings is 2. The molecule has 0 saturated heterocycles. The van der Waals surface area contributed by atoms with E-state index in [1.807, 2.05) is 31.2 Å². The van der Waals surface area contributed by atoms with Gasteiger partial charge in [0, 0.05) is 11.0 Å². The predicted octanol–water partition coefficient (Wildman–Crippen LogP) is 6.48. The van der Waals surface area contributed by atoms with Crippen molar-refractivity contribution in [1.82, 2.24) is 5.32 Å². The van der Waals surface area contributed by atoms with Crippen LogP contribution in [-0.2, 0) is 13.2 Å². The molecule has 0 aliphatic heterocycles. The highest BCUT2D eigenvalue weighted by atomic mass is 79.9. The van der Waals surface area contributed by atoms with Crippen molar-refractivity contribution in [3.05, 3.63) is 56.0 Å². The van der Waals surface area contributed by atoms with Crippen molar-refractivity contribution in [1.29, 1.82) is 0 Å². The summed E-state index contributed by atoms with van der Waals surface area (Å²) < 4.78 is 12.7. The Kier molecular flexibility index (Phi) is 8.55. The second kappa shape index (κ2) is 10.4. The molecule has 142 valence electrons. The molecule has 0 fully saturated rings. The van der Waals surface area contributed by atoms with Crippen molar-refractivity contribution in [2.24, 2.45) is 5.92 Å². The smallest absolute Gasteiger partial charge is 0.162 e. The molecule has 0 bridgehead atoms. The molecule has 3 nitrogen and oxygen atoms in total. The van der Waals surface area contributed by atoms with Gasteiger partial charge in [-0.2, -0.15) is 0 Å². The number of rotatable bonds is 9. The van der Waals surface area contributed by atoms with Crippen LogP contribution in [0.2, 0.25) is 10.0 Å².